The molecule has 22 nitrogen and oxygen atoms in total. The summed E-state index contributed by atoms with van der Waals surface area (Å²) in [5.41, 5.74) is 6.45. The molecular weight excluding hydrogens is 1190 g/mol. The largest absolute Gasteiger partial charge is 0.455 e. The van der Waals surface area contributed by atoms with E-state index in [9.17, 15) is 32.9 Å². The van der Waals surface area contributed by atoms with Gasteiger partial charge in [-0.05, 0) is 128 Å². The molecule has 0 bridgehead atoms. The Morgan fingerprint density at radius 1 is 0.898 bits per heavy atom. The minimum absolute atomic E-state index is 0.0359. The monoisotopic (exact) mass is 1250 g/mol. The van der Waals surface area contributed by atoms with Gasteiger partial charge in [-0.3, -0.25) is 34.1 Å². The van der Waals surface area contributed by atoms with Crippen molar-refractivity contribution in [2.75, 3.05) is 69.3 Å². The minimum Gasteiger partial charge on any atom is -0.455 e. The third-order valence-corrected chi connectivity index (χ3v) is 17.7. The van der Waals surface area contributed by atoms with E-state index in [2.05, 4.69) is 71.3 Å². The summed E-state index contributed by atoms with van der Waals surface area (Å²) in [6, 6.07) is 28.3. The number of aliphatic hydroxyl groups is 1. The molecule has 0 saturated carbocycles. The number of sulfonamides is 1. The number of ether oxygens (including phenoxy) is 2. The number of nitrogens with one attached hydrogen (secondary N) is 4. The van der Waals surface area contributed by atoms with Crippen molar-refractivity contribution in [1.29, 1.82) is 0 Å². The summed E-state index contributed by atoms with van der Waals surface area (Å²) >= 11 is 12.2. The van der Waals surface area contributed by atoms with Gasteiger partial charge in [0.2, 0.25) is 0 Å². The fraction of sp³-hybridized carbons (Fsp3) is 0.333. The van der Waals surface area contributed by atoms with Crippen molar-refractivity contribution in [1.82, 2.24) is 44.5 Å². The first kappa shape index (κ1) is 62.6. The predicted octanol–water partition coefficient (Wildman–Crippen LogP) is 10.1. The van der Waals surface area contributed by atoms with Crippen molar-refractivity contribution in [2.24, 2.45) is 18.4 Å². The molecular formula is C63H68Cl2N12O10S. The molecule has 0 radical (unpaired) electrons. The van der Waals surface area contributed by atoms with Crippen LogP contribution in [0.1, 0.15) is 79.2 Å². The number of hydrogen-bond donors (Lipinski definition) is 5. The van der Waals surface area contributed by atoms with Crippen molar-refractivity contribution in [3.63, 3.8) is 0 Å². The van der Waals surface area contributed by atoms with E-state index in [1.807, 2.05) is 18.2 Å². The number of carbonyl (C=O) groups excluding carboxylic acids is 2. The predicted molar refractivity (Wildman–Crippen MR) is 338 cm³/mol. The number of rotatable bonds is 18. The van der Waals surface area contributed by atoms with E-state index in [1.165, 1.54) is 52.0 Å². The summed E-state index contributed by atoms with van der Waals surface area (Å²) in [6.07, 6.45) is 11.2. The van der Waals surface area contributed by atoms with Gasteiger partial charge in [-0.1, -0.05) is 66.9 Å². The Kier molecular flexibility index (Phi) is 19.4. The Morgan fingerprint density at radius 2 is 1.61 bits per heavy atom. The number of amides is 2. The van der Waals surface area contributed by atoms with Crippen molar-refractivity contribution >= 4 is 78.7 Å². The molecule has 1 atom stereocenters. The number of aromatic amines is 1. The summed E-state index contributed by atoms with van der Waals surface area (Å²) in [5, 5.41) is 37.4. The number of piperazine rings is 1. The second kappa shape index (κ2) is 27.3. The molecule has 5 N–H and O–H groups in total. The highest BCUT2D eigenvalue weighted by atomic mass is 35.5. The normalized spacial score (nSPS) is 15.9. The molecule has 2 amide bonds. The van der Waals surface area contributed by atoms with E-state index < -0.39 is 48.9 Å². The third-order valence-electron chi connectivity index (χ3n) is 15.9. The number of benzene rings is 4. The van der Waals surface area contributed by atoms with E-state index in [-0.39, 0.29) is 40.5 Å². The number of hydrogen-bond acceptors (Lipinski definition) is 16. The highest BCUT2D eigenvalue weighted by Gasteiger charge is 2.31. The summed E-state index contributed by atoms with van der Waals surface area (Å²) < 4.78 is 43.8. The first-order valence-electron chi connectivity index (χ1n) is 28.9. The summed E-state index contributed by atoms with van der Waals surface area (Å²) in [7, 11) is -2.84. The van der Waals surface area contributed by atoms with Gasteiger partial charge in [0.05, 0.1) is 46.3 Å². The molecule has 4 aromatic heterocycles. The SMILES string of the molecule is CC(CO)NC(=O)c1cc(-c2ccc(Cl)cc2)nn(-c2cnn(C)c2)c1=O.CC1(C)CCC(CN2CCN(c3ccc(C(=O)NS(=O)(=O)c4ccc(NCC5CCOCC5)c([N+](=O)[O-])c4)c(Oc4cnc5[nH]ccc5c4)c3)CC2)=C(c2ccc(Cl)cc2)C1. The minimum atomic E-state index is -4.55. The average Bonchev–Trinajstić information content (AvgIpc) is 1.58. The zero-order valence-corrected chi connectivity index (χ0v) is 51.4. The van der Waals surface area contributed by atoms with Gasteiger partial charge in [0, 0.05) is 111 Å². The van der Waals surface area contributed by atoms with Crippen molar-refractivity contribution in [3.8, 4) is 28.4 Å². The molecule has 88 heavy (non-hydrogen) atoms. The lowest BCUT2D eigenvalue weighted by atomic mass is 9.72. The van der Waals surface area contributed by atoms with E-state index in [0.29, 0.717) is 53.1 Å². The molecule has 2 aliphatic heterocycles. The maximum absolute atomic E-state index is 13.9. The number of anilines is 2. The van der Waals surface area contributed by atoms with E-state index >= 15 is 0 Å². The molecule has 25 heteroatoms. The maximum Gasteiger partial charge on any atom is 0.293 e. The zero-order valence-electron chi connectivity index (χ0n) is 49.0. The lowest BCUT2D eigenvalue weighted by Gasteiger charge is -2.39. The molecule has 2 fully saturated rings. The van der Waals surface area contributed by atoms with Crippen LogP contribution in [-0.2, 0) is 21.8 Å². The molecule has 4 aromatic carbocycles. The Morgan fingerprint density at radius 3 is 2.30 bits per heavy atom. The van der Waals surface area contributed by atoms with E-state index in [1.54, 1.807) is 74.9 Å². The Bertz CT molecular complexity index is 4060. The highest BCUT2D eigenvalue weighted by molar-refractivity contribution is 7.90. The standard InChI is InChI=1S/C45H50ClN7O7S.C18H18ClN5O3/c1-45(2)15-11-33(39(26-45)31-3-5-34(46)6-4-31)29-51-17-19-52(20-18-51)35-7-9-38(42(24-35)60-36-23-32-12-16-47-43(32)49-28-36)44(54)50-61(57,58)37-8-10-40(41(25-37)53(55)56)48-27-30-13-21-59-22-14-30;1-11(10-25)21-17(26)15-7-16(12-3-5-13(19)6-4-12)22-24(18(15)27)14-8-20-23(2)9-14/h3-10,12,16,23-25,28,30,48H,11,13-15,17-22,26-27,29H2,1-2H3,(H,47,49)(H,50,54);3-9,11,25H,10H2,1-2H3,(H,21,26). The van der Waals surface area contributed by atoms with Gasteiger partial charge in [0.1, 0.15) is 34.1 Å². The number of nitrogens with zero attached hydrogens (tertiary/aromatic N) is 8. The van der Waals surface area contributed by atoms with Gasteiger partial charge in [-0.25, -0.2) is 18.1 Å². The van der Waals surface area contributed by atoms with Gasteiger partial charge in [-0.2, -0.15) is 14.9 Å². The van der Waals surface area contributed by atoms with Crippen LogP contribution >= 0.6 is 23.2 Å². The first-order chi connectivity index (χ1) is 42.2. The summed E-state index contributed by atoms with van der Waals surface area (Å²) in [4.78, 5) is 62.5. The van der Waals surface area contributed by atoms with Crippen LogP contribution in [0, 0.1) is 21.4 Å². The van der Waals surface area contributed by atoms with Gasteiger partial charge in [-0.15, -0.1) is 0 Å². The molecule has 1 aliphatic carbocycles. The molecule has 0 spiro atoms. The smallest absolute Gasteiger partial charge is 0.293 e. The number of halogens is 2. The summed E-state index contributed by atoms with van der Waals surface area (Å²) in [5.74, 6) is -0.781. The second-order valence-electron chi connectivity index (χ2n) is 23.0. The molecule has 2 saturated heterocycles. The van der Waals surface area contributed by atoms with Crippen LogP contribution in [0.2, 0.25) is 10.0 Å². The van der Waals surface area contributed by atoms with Gasteiger partial charge >= 0.3 is 0 Å². The number of pyridine rings is 1. The Labute approximate surface area is 518 Å². The fourth-order valence-corrected chi connectivity index (χ4v) is 12.1. The van der Waals surface area contributed by atoms with E-state index in [4.69, 9.17) is 37.8 Å². The number of aromatic nitrogens is 6. The Hall–Kier alpha value is -8.45. The molecule has 6 heterocycles. The molecule has 3 aliphatic rings. The number of allylic oxidation sites excluding steroid dienone is 1. The van der Waals surface area contributed by atoms with Gasteiger partial charge in [0.25, 0.3) is 33.1 Å². The van der Waals surface area contributed by atoms with Crippen LogP contribution < -0.4 is 30.6 Å². The lowest BCUT2D eigenvalue weighted by molar-refractivity contribution is -0.384. The van der Waals surface area contributed by atoms with Gasteiger partial charge in [0.15, 0.2) is 0 Å². The molecule has 460 valence electrons. The molecule has 1 unspecified atom stereocenters. The lowest BCUT2D eigenvalue weighted by Crippen LogP contribution is -2.47. The van der Waals surface area contributed by atoms with Crippen LogP contribution in [0.15, 0.2) is 143 Å². The molecule has 8 aromatic rings. The number of nitro groups is 1. The number of aryl methyl sites for hydroxylation is 1. The van der Waals surface area contributed by atoms with E-state index in [0.717, 1.165) is 91.7 Å². The maximum atomic E-state index is 13.9. The van der Waals surface area contributed by atoms with Crippen LogP contribution in [0.25, 0.3) is 33.6 Å². The number of aliphatic hydroxyl groups excluding tert-OH is 1. The van der Waals surface area contributed by atoms with Crippen LogP contribution in [0.4, 0.5) is 17.1 Å². The Balaban J connectivity index is 0.000000264. The second-order valence-corrected chi connectivity index (χ2v) is 25.5. The van der Waals surface area contributed by atoms with Crippen LogP contribution in [0.5, 0.6) is 11.5 Å². The number of H-pyrrole nitrogens is 1. The third kappa shape index (κ3) is 15.3. The number of nitro benzene ring substituents is 1. The quantitative estimate of drug-likeness (QED) is 0.0395. The van der Waals surface area contributed by atoms with Crippen molar-refractivity contribution < 1.29 is 37.5 Å². The molecule has 11 rings (SSSR count). The highest BCUT2D eigenvalue weighted by Crippen LogP contribution is 2.44. The van der Waals surface area contributed by atoms with Crippen molar-refractivity contribution in [3.05, 3.63) is 181 Å². The average molecular weight is 1260 g/mol. The number of carbonyl (C=O) groups is 2. The fourth-order valence-electron chi connectivity index (χ4n) is 10.9. The number of fused-ring (bicyclic) bond motifs is 1. The van der Waals surface area contributed by atoms with Gasteiger partial charge < -0.3 is 35.1 Å². The topological polar surface area (TPSA) is 274 Å². The van der Waals surface area contributed by atoms with Crippen LogP contribution in [0.3, 0.4) is 0 Å². The zero-order chi connectivity index (χ0) is 62.3. The first-order valence-corrected chi connectivity index (χ1v) is 31.1. The summed E-state index contributed by atoms with van der Waals surface area (Å²) in [6.45, 7) is 11.8. The van der Waals surface area contributed by atoms with Crippen molar-refractivity contribution in [2.45, 2.75) is 63.8 Å². The van der Waals surface area contributed by atoms with Crippen LogP contribution in [-0.4, -0.2) is 130 Å².